The lowest BCUT2D eigenvalue weighted by molar-refractivity contribution is 0.326. The number of rotatable bonds is 6. The fourth-order valence-electron chi connectivity index (χ4n) is 4.05. The zero-order valence-corrected chi connectivity index (χ0v) is 18.8. The number of hydrogen-bond donors (Lipinski definition) is 1. The van der Waals surface area contributed by atoms with E-state index in [1.165, 1.54) is 18.5 Å². The molecule has 0 spiro atoms. The zero-order chi connectivity index (χ0) is 22.8. The lowest BCUT2D eigenvalue weighted by atomic mass is 10.1. The minimum absolute atomic E-state index is 0.240. The first-order valence-electron chi connectivity index (χ1n) is 10.9. The summed E-state index contributed by atoms with van der Waals surface area (Å²) in [5.41, 5.74) is 2.18. The minimum atomic E-state index is -0.373. The Morgan fingerprint density at radius 2 is 2.00 bits per heavy atom. The number of nitrogens with one attached hydrogen (secondary N) is 1. The van der Waals surface area contributed by atoms with Gasteiger partial charge in [-0.25, -0.2) is 18.9 Å². The van der Waals surface area contributed by atoms with Gasteiger partial charge in [0, 0.05) is 42.5 Å². The second-order valence-electron chi connectivity index (χ2n) is 7.80. The highest BCUT2D eigenvalue weighted by molar-refractivity contribution is 6.33. The van der Waals surface area contributed by atoms with Crippen LogP contribution in [-0.2, 0) is 0 Å². The van der Waals surface area contributed by atoms with Gasteiger partial charge >= 0.3 is 0 Å². The Bertz CT molecular complexity index is 1270. The molecule has 0 bridgehead atoms. The van der Waals surface area contributed by atoms with Crippen molar-refractivity contribution in [2.24, 2.45) is 0 Å². The average Bonchev–Trinajstić information content (AvgIpc) is 3.23. The molecule has 1 N–H and O–H groups in total. The number of piperidine rings is 1. The van der Waals surface area contributed by atoms with Gasteiger partial charge in [0.15, 0.2) is 5.65 Å². The molecule has 10 heteroatoms. The van der Waals surface area contributed by atoms with E-state index >= 15 is 0 Å². The van der Waals surface area contributed by atoms with E-state index in [0.29, 0.717) is 34.7 Å². The van der Waals surface area contributed by atoms with Crippen LogP contribution in [0.5, 0.6) is 5.88 Å². The molecule has 0 aliphatic carbocycles. The molecule has 0 atom stereocenters. The Balaban J connectivity index is 1.29. The van der Waals surface area contributed by atoms with Gasteiger partial charge in [0.05, 0.1) is 11.6 Å². The molecule has 0 radical (unpaired) electrons. The summed E-state index contributed by atoms with van der Waals surface area (Å²) in [5, 5.41) is 8.37. The SMILES string of the molecule is CCOc1cc(N2CCC(Nc3nc4c(-c5ccc(F)cc5Cl)cccn4n3)CC2)ncn1. The summed E-state index contributed by atoms with van der Waals surface area (Å²) in [6.07, 6.45) is 5.21. The summed E-state index contributed by atoms with van der Waals surface area (Å²) in [6, 6.07) is 10.3. The highest BCUT2D eigenvalue weighted by Crippen LogP contribution is 2.31. The zero-order valence-electron chi connectivity index (χ0n) is 18.1. The van der Waals surface area contributed by atoms with Gasteiger partial charge in [-0.2, -0.15) is 4.98 Å². The van der Waals surface area contributed by atoms with Crippen LogP contribution in [0.4, 0.5) is 16.2 Å². The minimum Gasteiger partial charge on any atom is -0.478 e. The third-order valence-corrected chi connectivity index (χ3v) is 5.97. The maximum absolute atomic E-state index is 13.5. The smallest absolute Gasteiger partial charge is 0.243 e. The molecule has 0 amide bonds. The molecule has 33 heavy (non-hydrogen) atoms. The predicted octanol–water partition coefficient (Wildman–Crippen LogP) is 4.46. The molecule has 1 saturated heterocycles. The fraction of sp³-hybridized carbons (Fsp3) is 0.304. The Hall–Kier alpha value is -3.46. The second kappa shape index (κ2) is 9.19. The molecule has 0 unspecified atom stereocenters. The van der Waals surface area contributed by atoms with Crippen molar-refractivity contribution in [1.82, 2.24) is 24.6 Å². The summed E-state index contributed by atoms with van der Waals surface area (Å²) in [6.45, 7) is 4.21. The van der Waals surface area contributed by atoms with Crippen molar-refractivity contribution in [3.8, 4) is 17.0 Å². The Labute approximate surface area is 195 Å². The van der Waals surface area contributed by atoms with E-state index in [2.05, 4.69) is 25.3 Å². The average molecular weight is 468 g/mol. The molecular formula is C23H23ClFN7O. The first kappa shape index (κ1) is 21.4. The van der Waals surface area contributed by atoms with E-state index in [4.69, 9.17) is 21.3 Å². The van der Waals surface area contributed by atoms with Gasteiger partial charge in [-0.3, -0.25) is 0 Å². The first-order chi connectivity index (χ1) is 16.1. The van der Waals surface area contributed by atoms with Crippen LogP contribution < -0.4 is 15.0 Å². The van der Waals surface area contributed by atoms with Crippen LogP contribution in [0.3, 0.4) is 0 Å². The number of ether oxygens (including phenoxy) is 1. The van der Waals surface area contributed by atoms with Gasteiger partial charge in [0.1, 0.15) is 18.0 Å². The van der Waals surface area contributed by atoms with Crippen LogP contribution in [0.2, 0.25) is 5.02 Å². The van der Waals surface area contributed by atoms with E-state index in [0.717, 1.165) is 37.3 Å². The van der Waals surface area contributed by atoms with Gasteiger partial charge in [0.2, 0.25) is 11.8 Å². The highest BCUT2D eigenvalue weighted by Gasteiger charge is 2.22. The molecule has 4 heterocycles. The molecule has 0 saturated carbocycles. The quantitative estimate of drug-likeness (QED) is 0.448. The van der Waals surface area contributed by atoms with Crippen molar-refractivity contribution in [2.75, 3.05) is 29.9 Å². The van der Waals surface area contributed by atoms with Crippen molar-refractivity contribution in [2.45, 2.75) is 25.8 Å². The molecule has 1 aromatic carbocycles. The van der Waals surface area contributed by atoms with Crippen LogP contribution >= 0.6 is 11.6 Å². The molecule has 1 fully saturated rings. The van der Waals surface area contributed by atoms with Crippen LogP contribution in [0, 0.1) is 5.82 Å². The van der Waals surface area contributed by atoms with Gasteiger partial charge in [-0.05, 0) is 50.1 Å². The maximum Gasteiger partial charge on any atom is 0.243 e. The Morgan fingerprint density at radius 3 is 2.79 bits per heavy atom. The lowest BCUT2D eigenvalue weighted by Crippen LogP contribution is -2.39. The first-order valence-corrected chi connectivity index (χ1v) is 11.3. The van der Waals surface area contributed by atoms with Crippen LogP contribution in [0.1, 0.15) is 19.8 Å². The van der Waals surface area contributed by atoms with Crippen molar-refractivity contribution in [3.63, 3.8) is 0 Å². The van der Waals surface area contributed by atoms with E-state index in [1.807, 2.05) is 31.3 Å². The monoisotopic (exact) mass is 467 g/mol. The van der Waals surface area contributed by atoms with E-state index in [-0.39, 0.29) is 11.9 Å². The van der Waals surface area contributed by atoms with Crippen molar-refractivity contribution >= 4 is 29.0 Å². The van der Waals surface area contributed by atoms with Crippen molar-refractivity contribution in [1.29, 1.82) is 0 Å². The molecule has 5 rings (SSSR count). The van der Waals surface area contributed by atoms with Gasteiger partial charge in [0.25, 0.3) is 0 Å². The number of hydrogen-bond acceptors (Lipinski definition) is 7. The standard InChI is InChI=1S/C23H23ClFN7O/c1-2-33-21-13-20(26-14-27-21)31-10-7-16(8-11-31)28-23-29-22-18(4-3-9-32(22)30-23)17-6-5-15(25)12-19(17)24/h3-6,9,12-14,16H,2,7-8,10-11H2,1H3,(H,28,30). The van der Waals surface area contributed by atoms with Gasteiger partial charge in [-0.15, -0.1) is 5.10 Å². The Morgan fingerprint density at radius 1 is 1.15 bits per heavy atom. The van der Waals surface area contributed by atoms with E-state index in [9.17, 15) is 4.39 Å². The van der Waals surface area contributed by atoms with Crippen LogP contribution in [0.15, 0.2) is 48.9 Å². The summed E-state index contributed by atoms with van der Waals surface area (Å²) in [5.74, 6) is 1.65. The predicted molar refractivity (Wildman–Crippen MR) is 125 cm³/mol. The van der Waals surface area contributed by atoms with Crippen molar-refractivity contribution in [3.05, 3.63) is 59.8 Å². The topological polar surface area (TPSA) is 80.5 Å². The van der Waals surface area contributed by atoms with Crippen LogP contribution in [-0.4, -0.2) is 50.3 Å². The number of fused-ring (bicyclic) bond motifs is 1. The Kier molecular flexibility index (Phi) is 5.95. The molecule has 170 valence electrons. The molecule has 1 aliphatic rings. The largest absolute Gasteiger partial charge is 0.478 e. The molecule has 4 aromatic rings. The number of pyridine rings is 1. The van der Waals surface area contributed by atoms with Gasteiger partial charge < -0.3 is 15.0 Å². The third-order valence-electron chi connectivity index (χ3n) is 5.66. The summed E-state index contributed by atoms with van der Waals surface area (Å²) < 4.78 is 20.7. The lowest BCUT2D eigenvalue weighted by Gasteiger charge is -2.32. The van der Waals surface area contributed by atoms with Crippen molar-refractivity contribution < 1.29 is 9.13 Å². The number of nitrogens with zero attached hydrogens (tertiary/aromatic N) is 6. The number of anilines is 2. The number of benzene rings is 1. The second-order valence-corrected chi connectivity index (χ2v) is 8.21. The summed E-state index contributed by atoms with van der Waals surface area (Å²) in [7, 11) is 0. The van der Waals surface area contributed by atoms with E-state index < -0.39 is 0 Å². The third kappa shape index (κ3) is 4.54. The van der Waals surface area contributed by atoms with Gasteiger partial charge in [-0.1, -0.05) is 11.6 Å². The summed E-state index contributed by atoms with van der Waals surface area (Å²) >= 11 is 6.28. The number of halogens is 2. The fourth-order valence-corrected chi connectivity index (χ4v) is 4.32. The molecule has 3 aromatic heterocycles. The van der Waals surface area contributed by atoms with E-state index in [1.54, 1.807) is 10.6 Å². The number of aromatic nitrogens is 5. The maximum atomic E-state index is 13.5. The molecule has 8 nitrogen and oxygen atoms in total. The van der Waals surface area contributed by atoms with Crippen LogP contribution in [0.25, 0.3) is 16.8 Å². The summed E-state index contributed by atoms with van der Waals surface area (Å²) in [4.78, 5) is 15.4. The molecule has 1 aliphatic heterocycles. The normalized spacial score (nSPS) is 14.6. The highest BCUT2D eigenvalue weighted by atomic mass is 35.5. The molecular weight excluding hydrogens is 445 g/mol.